The predicted octanol–water partition coefficient (Wildman–Crippen LogP) is 2.45. The van der Waals surface area contributed by atoms with Crippen LogP contribution in [-0.4, -0.2) is 22.2 Å². The topological polar surface area (TPSA) is 45.1 Å². The predicted molar refractivity (Wildman–Crippen MR) is 61.2 cm³/mol. The van der Waals surface area contributed by atoms with Gasteiger partial charge in [0.2, 0.25) is 0 Å². The molecule has 0 spiro atoms. The van der Waals surface area contributed by atoms with Gasteiger partial charge in [-0.25, -0.2) is 4.98 Å². The number of anilines is 1. The zero-order valence-electron chi connectivity index (χ0n) is 8.54. The Labute approximate surface area is 94.5 Å². The summed E-state index contributed by atoms with van der Waals surface area (Å²) < 4.78 is 0. The van der Waals surface area contributed by atoms with Gasteiger partial charge in [0.1, 0.15) is 5.15 Å². The fraction of sp³-hybridized carbons (Fsp3) is 0.545. The summed E-state index contributed by atoms with van der Waals surface area (Å²) in [7, 11) is 0. The van der Waals surface area contributed by atoms with E-state index in [1.165, 1.54) is 0 Å². The van der Waals surface area contributed by atoms with Crippen LogP contribution in [0.3, 0.4) is 0 Å². The van der Waals surface area contributed by atoms with Crippen LogP contribution in [0.4, 0.5) is 5.69 Å². The number of nitrogens with zero attached hydrogens (tertiary/aromatic N) is 1. The first-order valence-electron chi connectivity index (χ1n) is 5.26. The Kier molecular flexibility index (Phi) is 3.12. The van der Waals surface area contributed by atoms with E-state index in [9.17, 15) is 5.11 Å². The second-order valence-corrected chi connectivity index (χ2v) is 4.51. The van der Waals surface area contributed by atoms with Gasteiger partial charge in [0.15, 0.2) is 0 Å². The van der Waals surface area contributed by atoms with E-state index >= 15 is 0 Å². The van der Waals surface area contributed by atoms with Crippen molar-refractivity contribution in [3.8, 4) is 0 Å². The average Bonchev–Trinajstić information content (AvgIpc) is 2.15. The SMILES string of the molecule is OC1(CCNc2ccnc(Cl)c2)CCC1. The first-order chi connectivity index (χ1) is 7.18. The summed E-state index contributed by atoms with van der Waals surface area (Å²) in [6.07, 6.45) is 5.49. The molecule has 1 aliphatic carbocycles. The maximum atomic E-state index is 9.86. The molecule has 0 saturated heterocycles. The van der Waals surface area contributed by atoms with Crippen LogP contribution in [0.1, 0.15) is 25.7 Å². The molecule has 2 rings (SSSR count). The lowest BCUT2D eigenvalue weighted by atomic mass is 9.78. The van der Waals surface area contributed by atoms with Gasteiger partial charge in [-0.3, -0.25) is 0 Å². The van der Waals surface area contributed by atoms with Crippen LogP contribution in [0, 0.1) is 0 Å². The molecule has 1 heterocycles. The second-order valence-electron chi connectivity index (χ2n) is 4.12. The molecule has 82 valence electrons. The van der Waals surface area contributed by atoms with E-state index in [1.54, 1.807) is 12.3 Å². The molecule has 3 nitrogen and oxygen atoms in total. The van der Waals surface area contributed by atoms with Gasteiger partial charge in [-0.1, -0.05) is 11.6 Å². The highest BCUT2D eigenvalue weighted by atomic mass is 35.5. The standard InChI is InChI=1S/C11H15ClN2O/c12-10-8-9(2-6-14-10)13-7-5-11(15)3-1-4-11/h2,6,8,15H,1,3-5,7H2,(H,13,14). The van der Waals surface area contributed by atoms with Gasteiger partial charge in [-0.2, -0.15) is 0 Å². The molecular weight excluding hydrogens is 212 g/mol. The van der Waals surface area contributed by atoms with Gasteiger partial charge >= 0.3 is 0 Å². The number of hydrogen-bond acceptors (Lipinski definition) is 3. The molecule has 4 heteroatoms. The zero-order chi connectivity index (χ0) is 10.7. The minimum Gasteiger partial charge on any atom is -0.390 e. The van der Waals surface area contributed by atoms with Crippen molar-refractivity contribution in [2.45, 2.75) is 31.3 Å². The largest absolute Gasteiger partial charge is 0.390 e. The normalized spacial score (nSPS) is 18.3. The molecule has 1 aliphatic rings. The number of halogens is 1. The van der Waals surface area contributed by atoms with Crippen molar-refractivity contribution in [1.29, 1.82) is 0 Å². The third-order valence-electron chi connectivity index (χ3n) is 2.93. The molecule has 0 amide bonds. The lowest BCUT2D eigenvalue weighted by Gasteiger charge is -2.36. The molecule has 0 radical (unpaired) electrons. The summed E-state index contributed by atoms with van der Waals surface area (Å²) >= 11 is 5.75. The highest BCUT2D eigenvalue weighted by Crippen LogP contribution is 2.34. The molecule has 0 unspecified atom stereocenters. The third kappa shape index (κ3) is 2.83. The number of rotatable bonds is 4. The van der Waals surface area contributed by atoms with E-state index < -0.39 is 5.60 Å². The third-order valence-corrected chi connectivity index (χ3v) is 3.14. The van der Waals surface area contributed by atoms with Crippen molar-refractivity contribution < 1.29 is 5.11 Å². The van der Waals surface area contributed by atoms with Crippen LogP contribution in [0.25, 0.3) is 0 Å². The molecule has 2 N–H and O–H groups in total. The van der Waals surface area contributed by atoms with Gasteiger partial charge in [0, 0.05) is 18.4 Å². The number of hydrogen-bond donors (Lipinski definition) is 2. The van der Waals surface area contributed by atoms with Gasteiger partial charge in [0.05, 0.1) is 5.60 Å². The highest BCUT2D eigenvalue weighted by Gasteiger charge is 2.33. The van der Waals surface area contributed by atoms with Crippen molar-refractivity contribution in [2.75, 3.05) is 11.9 Å². The first kappa shape index (κ1) is 10.7. The Morgan fingerprint density at radius 1 is 1.53 bits per heavy atom. The Balaban J connectivity index is 1.78. The maximum absolute atomic E-state index is 9.86. The van der Waals surface area contributed by atoms with Gasteiger partial charge in [-0.05, 0) is 37.8 Å². The van der Waals surface area contributed by atoms with Gasteiger partial charge in [0.25, 0.3) is 0 Å². The quantitative estimate of drug-likeness (QED) is 0.776. The summed E-state index contributed by atoms with van der Waals surface area (Å²) in [5, 5.41) is 13.6. The highest BCUT2D eigenvalue weighted by molar-refractivity contribution is 6.29. The first-order valence-corrected chi connectivity index (χ1v) is 5.64. The summed E-state index contributed by atoms with van der Waals surface area (Å²) in [5.41, 5.74) is 0.544. The van der Waals surface area contributed by atoms with Crippen molar-refractivity contribution in [3.05, 3.63) is 23.5 Å². The van der Waals surface area contributed by atoms with Crippen LogP contribution >= 0.6 is 11.6 Å². The fourth-order valence-electron chi connectivity index (χ4n) is 1.79. The van der Waals surface area contributed by atoms with Crippen molar-refractivity contribution >= 4 is 17.3 Å². The molecule has 1 aromatic rings. The summed E-state index contributed by atoms with van der Waals surface area (Å²) in [6.45, 7) is 0.775. The lowest BCUT2D eigenvalue weighted by Crippen LogP contribution is -2.38. The number of nitrogens with one attached hydrogen (secondary N) is 1. The van der Waals surface area contributed by atoms with Gasteiger partial charge in [-0.15, -0.1) is 0 Å². The van der Waals surface area contributed by atoms with Crippen LogP contribution in [0.2, 0.25) is 5.15 Å². The van der Waals surface area contributed by atoms with E-state index in [0.29, 0.717) is 5.15 Å². The summed E-state index contributed by atoms with van der Waals surface area (Å²) in [6, 6.07) is 3.66. The van der Waals surface area contributed by atoms with E-state index in [1.807, 2.05) is 6.07 Å². The smallest absolute Gasteiger partial charge is 0.131 e. The number of aliphatic hydroxyl groups is 1. The maximum Gasteiger partial charge on any atom is 0.131 e. The summed E-state index contributed by atoms with van der Waals surface area (Å²) in [5.74, 6) is 0. The average molecular weight is 227 g/mol. The number of pyridine rings is 1. The van der Waals surface area contributed by atoms with Crippen LogP contribution < -0.4 is 5.32 Å². The molecule has 0 aliphatic heterocycles. The van der Waals surface area contributed by atoms with Crippen LogP contribution in [0.5, 0.6) is 0 Å². The molecule has 15 heavy (non-hydrogen) atoms. The minimum atomic E-state index is -0.413. The fourth-order valence-corrected chi connectivity index (χ4v) is 1.96. The molecular formula is C11H15ClN2O. The van der Waals surface area contributed by atoms with Crippen LogP contribution in [-0.2, 0) is 0 Å². The van der Waals surface area contributed by atoms with Gasteiger partial charge < -0.3 is 10.4 Å². The Bertz CT molecular complexity index is 339. The van der Waals surface area contributed by atoms with E-state index in [0.717, 1.165) is 37.9 Å². The minimum absolute atomic E-state index is 0.413. The molecule has 0 aromatic carbocycles. The Morgan fingerprint density at radius 2 is 2.33 bits per heavy atom. The second kappa shape index (κ2) is 4.37. The van der Waals surface area contributed by atoms with Crippen molar-refractivity contribution in [1.82, 2.24) is 4.98 Å². The lowest BCUT2D eigenvalue weighted by molar-refractivity contribution is -0.0370. The Morgan fingerprint density at radius 3 is 2.93 bits per heavy atom. The molecule has 0 atom stereocenters. The Hall–Kier alpha value is -0.800. The van der Waals surface area contributed by atoms with Crippen molar-refractivity contribution in [3.63, 3.8) is 0 Å². The van der Waals surface area contributed by atoms with Crippen molar-refractivity contribution in [2.24, 2.45) is 0 Å². The molecule has 1 fully saturated rings. The van der Waals surface area contributed by atoms with Crippen LogP contribution in [0.15, 0.2) is 18.3 Å². The number of aromatic nitrogens is 1. The van der Waals surface area contributed by atoms with E-state index in [4.69, 9.17) is 11.6 Å². The molecule has 0 bridgehead atoms. The summed E-state index contributed by atoms with van der Waals surface area (Å²) in [4.78, 5) is 3.90. The molecule has 1 aromatic heterocycles. The van der Waals surface area contributed by atoms with E-state index in [-0.39, 0.29) is 0 Å². The molecule has 1 saturated carbocycles. The zero-order valence-corrected chi connectivity index (χ0v) is 9.30. The van der Waals surface area contributed by atoms with E-state index in [2.05, 4.69) is 10.3 Å². The monoisotopic (exact) mass is 226 g/mol.